The van der Waals surface area contributed by atoms with E-state index in [-0.39, 0.29) is 23.6 Å². The molecule has 1 atom stereocenters. The average molecular weight is 240 g/mol. The normalized spacial score (nSPS) is 11.8. The van der Waals surface area contributed by atoms with Crippen LogP contribution in [0.2, 0.25) is 0 Å². The lowest BCUT2D eigenvalue weighted by molar-refractivity contribution is -0.138. The Morgan fingerprint density at radius 3 is 2.24 bits per heavy atom. The SMILES string of the molecule is N[C@@H](CNC(=O)c1cc(O)cc(O)c1)C(=O)O. The van der Waals surface area contributed by atoms with E-state index in [1.807, 2.05) is 0 Å². The lowest BCUT2D eigenvalue weighted by atomic mass is 10.2. The summed E-state index contributed by atoms with van der Waals surface area (Å²) in [6, 6.07) is 2.15. The zero-order chi connectivity index (χ0) is 13.0. The van der Waals surface area contributed by atoms with Gasteiger partial charge in [-0.3, -0.25) is 9.59 Å². The molecule has 7 nitrogen and oxygen atoms in total. The predicted molar refractivity (Wildman–Crippen MR) is 57.7 cm³/mol. The lowest BCUT2D eigenvalue weighted by Crippen LogP contribution is -2.42. The van der Waals surface area contributed by atoms with Gasteiger partial charge in [-0.1, -0.05) is 0 Å². The van der Waals surface area contributed by atoms with Crippen molar-refractivity contribution in [2.75, 3.05) is 6.54 Å². The fourth-order valence-electron chi connectivity index (χ4n) is 1.12. The number of benzene rings is 1. The van der Waals surface area contributed by atoms with Gasteiger partial charge in [-0.15, -0.1) is 0 Å². The highest BCUT2D eigenvalue weighted by Crippen LogP contribution is 2.20. The van der Waals surface area contributed by atoms with Crippen molar-refractivity contribution in [2.45, 2.75) is 6.04 Å². The zero-order valence-electron chi connectivity index (χ0n) is 8.75. The number of carboxylic acids is 1. The van der Waals surface area contributed by atoms with Crippen molar-refractivity contribution >= 4 is 11.9 Å². The molecule has 0 spiro atoms. The van der Waals surface area contributed by atoms with Crippen LogP contribution in [-0.4, -0.2) is 39.8 Å². The third-order valence-corrected chi connectivity index (χ3v) is 1.96. The molecule has 0 bridgehead atoms. The minimum Gasteiger partial charge on any atom is -0.508 e. The summed E-state index contributed by atoms with van der Waals surface area (Å²) in [6.45, 7) is -0.245. The molecule has 1 rings (SSSR count). The van der Waals surface area contributed by atoms with Crippen LogP contribution in [0.4, 0.5) is 0 Å². The summed E-state index contributed by atoms with van der Waals surface area (Å²) >= 11 is 0. The number of nitrogens with one attached hydrogen (secondary N) is 1. The van der Waals surface area contributed by atoms with E-state index in [9.17, 15) is 9.59 Å². The second-order valence-electron chi connectivity index (χ2n) is 3.39. The quantitative estimate of drug-likeness (QED) is 0.469. The Balaban J connectivity index is 2.67. The van der Waals surface area contributed by atoms with Gasteiger partial charge in [0.2, 0.25) is 0 Å². The van der Waals surface area contributed by atoms with E-state index in [4.69, 9.17) is 21.1 Å². The Morgan fingerprint density at radius 1 is 1.24 bits per heavy atom. The topological polar surface area (TPSA) is 133 Å². The van der Waals surface area contributed by atoms with Crippen molar-refractivity contribution in [3.63, 3.8) is 0 Å². The largest absolute Gasteiger partial charge is 0.508 e. The van der Waals surface area contributed by atoms with Gasteiger partial charge < -0.3 is 26.4 Å². The number of hydrogen-bond donors (Lipinski definition) is 5. The lowest BCUT2D eigenvalue weighted by Gasteiger charge is -2.08. The Kier molecular flexibility index (Phi) is 3.89. The number of amides is 1. The molecule has 0 aromatic heterocycles. The van der Waals surface area contributed by atoms with Gasteiger partial charge in [-0.25, -0.2) is 0 Å². The van der Waals surface area contributed by atoms with E-state index in [2.05, 4.69) is 5.32 Å². The monoisotopic (exact) mass is 240 g/mol. The molecular weight excluding hydrogens is 228 g/mol. The van der Waals surface area contributed by atoms with Crippen LogP contribution in [0.1, 0.15) is 10.4 Å². The second-order valence-corrected chi connectivity index (χ2v) is 3.39. The van der Waals surface area contributed by atoms with Crippen molar-refractivity contribution in [1.29, 1.82) is 0 Å². The first kappa shape index (κ1) is 12.8. The number of carbonyl (C=O) groups is 2. The van der Waals surface area contributed by atoms with Crippen molar-refractivity contribution in [3.8, 4) is 11.5 Å². The van der Waals surface area contributed by atoms with Crippen molar-refractivity contribution in [3.05, 3.63) is 23.8 Å². The molecule has 0 radical (unpaired) electrons. The van der Waals surface area contributed by atoms with Gasteiger partial charge in [0.15, 0.2) is 0 Å². The maximum Gasteiger partial charge on any atom is 0.322 e. The number of rotatable bonds is 4. The summed E-state index contributed by atoms with van der Waals surface area (Å²) in [4.78, 5) is 21.9. The molecule has 0 aliphatic carbocycles. The molecule has 0 heterocycles. The first-order valence-corrected chi connectivity index (χ1v) is 4.69. The first-order chi connectivity index (χ1) is 7.90. The molecule has 1 amide bonds. The molecule has 0 unspecified atom stereocenters. The standard InChI is InChI=1S/C10H12N2O5/c11-8(10(16)17)4-12-9(15)5-1-6(13)3-7(14)2-5/h1-3,8,13-14H,4,11H2,(H,12,15)(H,16,17)/t8-/m0/s1. The third kappa shape index (κ3) is 3.65. The van der Waals surface area contributed by atoms with Gasteiger partial charge in [0, 0.05) is 18.2 Å². The highest BCUT2D eigenvalue weighted by Gasteiger charge is 2.14. The van der Waals surface area contributed by atoms with Gasteiger partial charge in [0.05, 0.1) is 0 Å². The maximum absolute atomic E-state index is 11.5. The summed E-state index contributed by atoms with van der Waals surface area (Å²) in [5.41, 5.74) is 5.20. The summed E-state index contributed by atoms with van der Waals surface area (Å²) in [7, 11) is 0. The number of aromatic hydroxyl groups is 2. The molecule has 92 valence electrons. The predicted octanol–water partition coefficient (Wildman–Crippen LogP) is -0.760. The van der Waals surface area contributed by atoms with Crippen LogP contribution in [-0.2, 0) is 4.79 Å². The Bertz CT molecular complexity index is 426. The van der Waals surface area contributed by atoms with Gasteiger partial charge in [-0.2, -0.15) is 0 Å². The highest BCUT2D eigenvalue weighted by atomic mass is 16.4. The molecule has 0 fully saturated rings. The summed E-state index contributed by atoms with van der Waals surface area (Å²) in [6.07, 6.45) is 0. The Hall–Kier alpha value is -2.28. The number of nitrogens with two attached hydrogens (primary N) is 1. The molecule has 1 aromatic carbocycles. The summed E-state index contributed by atoms with van der Waals surface area (Å²) in [5.74, 6) is -2.40. The molecule has 0 saturated carbocycles. The molecule has 17 heavy (non-hydrogen) atoms. The highest BCUT2D eigenvalue weighted by molar-refractivity contribution is 5.95. The van der Waals surface area contributed by atoms with E-state index in [0.29, 0.717) is 0 Å². The Labute approximate surface area is 96.5 Å². The number of carbonyl (C=O) groups excluding carboxylic acids is 1. The van der Waals surface area contributed by atoms with Gasteiger partial charge >= 0.3 is 5.97 Å². The molecule has 0 saturated heterocycles. The fourth-order valence-corrected chi connectivity index (χ4v) is 1.12. The summed E-state index contributed by atoms with van der Waals surface area (Å²) in [5, 5.41) is 29.1. The minimum atomic E-state index is -1.23. The van der Waals surface area contributed by atoms with E-state index in [1.165, 1.54) is 0 Å². The molecule has 0 aliphatic heterocycles. The van der Waals surface area contributed by atoms with Crippen molar-refractivity contribution < 1.29 is 24.9 Å². The van der Waals surface area contributed by atoms with E-state index < -0.39 is 17.9 Å². The Morgan fingerprint density at radius 2 is 1.76 bits per heavy atom. The number of phenolic OH excluding ortho intramolecular Hbond substituents is 2. The van der Waals surface area contributed by atoms with Gasteiger partial charge in [0.1, 0.15) is 17.5 Å². The fraction of sp³-hybridized carbons (Fsp3) is 0.200. The number of hydrogen-bond acceptors (Lipinski definition) is 5. The molecule has 7 heteroatoms. The molecular formula is C10H12N2O5. The molecule has 6 N–H and O–H groups in total. The number of aliphatic carboxylic acids is 1. The summed E-state index contributed by atoms with van der Waals surface area (Å²) < 4.78 is 0. The van der Waals surface area contributed by atoms with Crippen LogP contribution < -0.4 is 11.1 Å². The van der Waals surface area contributed by atoms with Crippen molar-refractivity contribution in [2.24, 2.45) is 5.73 Å². The van der Waals surface area contributed by atoms with Crippen LogP contribution in [0.25, 0.3) is 0 Å². The van der Waals surface area contributed by atoms with Crippen LogP contribution in [0.5, 0.6) is 11.5 Å². The van der Waals surface area contributed by atoms with E-state index >= 15 is 0 Å². The van der Waals surface area contributed by atoms with Crippen LogP contribution in [0, 0.1) is 0 Å². The van der Waals surface area contributed by atoms with Crippen molar-refractivity contribution in [1.82, 2.24) is 5.32 Å². The van der Waals surface area contributed by atoms with Crippen LogP contribution >= 0.6 is 0 Å². The van der Waals surface area contributed by atoms with E-state index in [1.54, 1.807) is 0 Å². The van der Waals surface area contributed by atoms with Gasteiger partial charge in [-0.05, 0) is 12.1 Å². The zero-order valence-corrected chi connectivity index (χ0v) is 8.75. The minimum absolute atomic E-state index is 0.0140. The third-order valence-electron chi connectivity index (χ3n) is 1.96. The maximum atomic E-state index is 11.5. The first-order valence-electron chi connectivity index (χ1n) is 4.69. The van der Waals surface area contributed by atoms with Crippen LogP contribution in [0.15, 0.2) is 18.2 Å². The number of carboxylic acid groups (broad SMARTS) is 1. The van der Waals surface area contributed by atoms with Gasteiger partial charge in [0.25, 0.3) is 5.91 Å². The average Bonchev–Trinajstić information content (AvgIpc) is 2.23. The molecule has 1 aromatic rings. The second kappa shape index (κ2) is 5.17. The van der Waals surface area contributed by atoms with E-state index in [0.717, 1.165) is 18.2 Å². The smallest absolute Gasteiger partial charge is 0.322 e. The van der Waals surface area contributed by atoms with Crippen LogP contribution in [0.3, 0.4) is 0 Å². The molecule has 0 aliphatic rings. The number of phenols is 2.